The molecule has 102 valence electrons. The molecule has 0 atom stereocenters. The molecule has 0 unspecified atom stereocenters. The van der Waals surface area contributed by atoms with E-state index >= 15 is 0 Å². The maximum atomic E-state index is 12.5. The van der Waals surface area contributed by atoms with Gasteiger partial charge in [-0.25, -0.2) is 0 Å². The summed E-state index contributed by atoms with van der Waals surface area (Å²) in [5.74, 6) is -0.358. The fourth-order valence-electron chi connectivity index (χ4n) is 1.60. The van der Waals surface area contributed by atoms with Crippen LogP contribution in [0.2, 0.25) is 0 Å². The van der Waals surface area contributed by atoms with Gasteiger partial charge in [-0.3, -0.25) is 9.48 Å². The lowest BCUT2D eigenvalue weighted by atomic mass is 10.2. The molecule has 0 aliphatic rings. The van der Waals surface area contributed by atoms with Gasteiger partial charge in [0.25, 0.3) is 5.91 Å². The van der Waals surface area contributed by atoms with E-state index in [0.717, 1.165) is 13.1 Å². The van der Waals surface area contributed by atoms with Crippen LogP contribution in [0.15, 0.2) is 22.8 Å². The molecule has 19 heavy (non-hydrogen) atoms. The van der Waals surface area contributed by atoms with Gasteiger partial charge < -0.3 is 9.73 Å². The number of nitrogens with zero attached hydrogens (tertiary/aromatic N) is 2. The van der Waals surface area contributed by atoms with Crippen molar-refractivity contribution in [1.82, 2.24) is 9.78 Å². The van der Waals surface area contributed by atoms with Crippen molar-refractivity contribution in [2.75, 3.05) is 5.32 Å². The van der Waals surface area contributed by atoms with Crippen LogP contribution in [0, 0.1) is 6.92 Å². The smallest absolute Gasteiger partial charge is 0.433 e. The van der Waals surface area contributed by atoms with E-state index < -0.39 is 17.8 Å². The van der Waals surface area contributed by atoms with Gasteiger partial charge in [-0.15, -0.1) is 0 Å². The average molecular weight is 273 g/mol. The van der Waals surface area contributed by atoms with Crippen molar-refractivity contribution in [1.29, 1.82) is 0 Å². The largest absolute Gasteiger partial charge is 0.469 e. The molecule has 1 amide bonds. The topological polar surface area (TPSA) is 60.1 Å². The van der Waals surface area contributed by atoms with Crippen molar-refractivity contribution in [3.8, 4) is 0 Å². The van der Waals surface area contributed by atoms with E-state index in [1.165, 1.54) is 12.3 Å². The number of amides is 1. The van der Waals surface area contributed by atoms with Crippen LogP contribution < -0.4 is 5.32 Å². The standard InChI is InChI=1S/C11H10F3N3O2/c1-6-7(3-4-19-6)10(18)15-9-5-8(11(12,13)14)17(2)16-9/h3-5H,1-2H3,(H,15,16,18). The van der Waals surface area contributed by atoms with E-state index in [1.54, 1.807) is 6.92 Å². The predicted octanol–water partition coefficient (Wildman–Crippen LogP) is 2.59. The van der Waals surface area contributed by atoms with Gasteiger partial charge in [0.1, 0.15) is 11.5 Å². The molecule has 2 aromatic rings. The van der Waals surface area contributed by atoms with Crippen LogP contribution in [0.3, 0.4) is 0 Å². The van der Waals surface area contributed by atoms with Crippen LogP contribution in [0.4, 0.5) is 19.0 Å². The fourth-order valence-corrected chi connectivity index (χ4v) is 1.60. The SMILES string of the molecule is Cc1occc1C(=O)Nc1cc(C(F)(F)F)n(C)n1. The Labute approximate surface area is 106 Å². The second kappa shape index (κ2) is 4.45. The molecule has 0 spiro atoms. The summed E-state index contributed by atoms with van der Waals surface area (Å²) >= 11 is 0. The first-order valence-electron chi connectivity index (χ1n) is 5.25. The van der Waals surface area contributed by atoms with Gasteiger partial charge in [0.15, 0.2) is 5.82 Å². The van der Waals surface area contributed by atoms with E-state index in [2.05, 4.69) is 10.4 Å². The van der Waals surface area contributed by atoms with Crippen LogP contribution in [-0.4, -0.2) is 15.7 Å². The minimum Gasteiger partial charge on any atom is -0.469 e. The number of anilines is 1. The van der Waals surface area contributed by atoms with Crippen molar-refractivity contribution >= 4 is 11.7 Å². The highest BCUT2D eigenvalue weighted by atomic mass is 19.4. The van der Waals surface area contributed by atoms with Crippen molar-refractivity contribution < 1.29 is 22.4 Å². The zero-order valence-corrected chi connectivity index (χ0v) is 10.1. The van der Waals surface area contributed by atoms with Crippen molar-refractivity contribution in [3.63, 3.8) is 0 Å². The number of hydrogen-bond acceptors (Lipinski definition) is 3. The number of carbonyl (C=O) groups excluding carboxylic acids is 1. The summed E-state index contributed by atoms with van der Waals surface area (Å²) in [6.45, 7) is 1.58. The highest BCUT2D eigenvalue weighted by Crippen LogP contribution is 2.30. The lowest BCUT2D eigenvalue weighted by Gasteiger charge is -2.04. The highest BCUT2D eigenvalue weighted by Gasteiger charge is 2.35. The van der Waals surface area contributed by atoms with Crippen molar-refractivity contribution in [2.45, 2.75) is 13.1 Å². The third kappa shape index (κ3) is 2.61. The third-order valence-corrected chi connectivity index (χ3v) is 2.52. The highest BCUT2D eigenvalue weighted by molar-refractivity contribution is 6.04. The minimum atomic E-state index is -4.52. The predicted molar refractivity (Wildman–Crippen MR) is 59.6 cm³/mol. The van der Waals surface area contributed by atoms with Crippen molar-refractivity contribution in [2.24, 2.45) is 7.05 Å². The van der Waals surface area contributed by atoms with Crippen LogP contribution in [-0.2, 0) is 13.2 Å². The molecular weight excluding hydrogens is 263 g/mol. The molecule has 0 aliphatic heterocycles. The summed E-state index contributed by atoms with van der Waals surface area (Å²) in [5, 5.41) is 5.88. The van der Waals surface area contributed by atoms with Gasteiger partial charge in [0, 0.05) is 13.1 Å². The molecule has 5 nitrogen and oxygen atoms in total. The molecule has 0 bridgehead atoms. The molecule has 8 heteroatoms. The molecular formula is C11H10F3N3O2. The van der Waals surface area contributed by atoms with E-state index in [4.69, 9.17) is 4.42 Å². The Morgan fingerprint density at radius 3 is 2.63 bits per heavy atom. The number of alkyl halides is 3. The van der Waals surface area contributed by atoms with Gasteiger partial charge in [0.05, 0.1) is 11.8 Å². The summed E-state index contributed by atoms with van der Waals surface area (Å²) < 4.78 is 43.2. The van der Waals surface area contributed by atoms with E-state index in [-0.39, 0.29) is 11.4 Å². The Morgan fingerprint density at radius 1 is 1.47 bits per heavy atom. The maximum absolute atomic E-state index is 12.5. The van der Waals surface area contributed by atoms with E-state index in [1.807, 2.05) is 0 Å². The van der Waals surface area contributed by atoms with Crippen LogP contribution in [0.1, 0.15) is 21.8 Å². The van der Waals surface area contributed by atoms with Gasteiger partial charge >= 0.3 is 6.18 Å². The molecule has 0 aromatic carbocycles. The van der Waals surface area contributed by atoms with Crippen molar-refractivity contribution in [3.05, 3.63) is 35.4 Å². The van der Waals surface area contributed by atoms with Gasteiger partial charge in [-0.05, 0) is 13.0 Å². The summed E-state index contributed by atoms with van der Waals surface area (Å²) in [6, 6.07) is 2.20. The van der Waals surface area contributed by atoms with Gasteiger partial charge in [-0.1, -0.05) is 0 Å². The van der Waals surface area contributed by atoms with Crippen LogP contribution in [0.25, 0.3) is 0 Å². The molecule has 0 aliphatic carbocycles. The quantitative estimate of drug-likeness (QED) is 0.914. The normalized spacial score (nSPS) is 11.6. The Hall–Kier alpha value is -2.25. The summed E-state index contributed by atoms with van der Waals surface area (Å²) in [4.78, 5) is 11.8. The lowest BCUT2D eigenvalue weighted by Crippen LogP contribution is -2.12. The molecule has 0 saturated heterocycles. The Morgan fingerprint density at radius 2 is 2.16 bits per heavy atom. The zero-order valence-electron chi connectivity index (χ0n) is 10.1. The Balaban J connectivity index is 2.21. The Kier molecular flexibility index (Phi) is 3.09. The maximum Gasteiger partial charge on any atom is 0.433 e. The number of hydrogen-bond donors (Lipinski definition) is 1. The molecule has 2 aromatic heterocycles. The molecule has 0 saturated carbocycles. The lowest BCUT2D eigenvalue weighted by molar-refractivity contribution is -0.143. The molecule has 1 N–H and O–H groups in total. The number of furan rings is 1. The van der Waals surface area contributed by atoms with Gasteiger partial charge in [-0.2, -0.15) is 18.3 Å². The van der Waals surface area contributed by atoms with Gasteiger partial charge in [0.2, 0.25) is 0 Å². The first kappa shape index (κ1) is 13.2. The molecule has 0 radical (unpaired) electrons. The number of aromatic nitrogens is 2. The first-order chi connectivity index (χ1) is 8.79. The molecule has 2 heterocycles. The summed E-state index contributed by atoms with van der Waals surface area (Å²) in [5.41, 5.74) is -0.689. The number of rotatable bonds is 2. The van der Waals surface area contributed by atoms with E-state index in [9.17, 15) is 18.0 Å². The fraction of sp³-hybridized carbons (Fsp3) is 0.273. The third-order valence-electron chi connectivity index (χ3n) is 2.52. The number of carbonyl (C=O) groups is 1. The average Bonchev–Trinajstić information content (AvgIpc) is 2.83. The minimum absolute atomic E-state index is 0.166. The number of halogens is 3. The second-order valence-corrected chi connectivity index (χ2v) is 3.88. The monoisotopic (exact) mass is 273 g/mol. The van der Waals surface area contributed by atoms with E-state index in [0.29, 0.717) is 10.4 Å². The Bertz CT molecular complexity index is 613. The van der Waals surface area contributed by atoms with Crippen LogP contribution in [0.5, 0.6) is 0 Å². The number of nitrogens with one attached hydrogen (secondary N) is 1. The molecule has 0 fully saturated rings. The second-order valence-electron chi connectivity index (χ2n) is 3.88. The molecule has 2 rings (SSSR count). The first-order valence-corrected chi connectivity index (χ1v) is 5.25. The van der Waals surface area contributed by atoms with Crippen LogP contribution >= 0.6 is 0 Å². The number of aryl methyl sites for hydroxylation is 2. The summed E-state index contributed by atoms with van der Waals surface area (Å²) in [6.07, 6.45) is -3.19. The zero-order chi connectivity index (χ0) is 14.2. The summed E-state index contributed by atoms with van der Waals surface area (Å²) in [7, 11) is 1.15.